The number of benzene rings is 2. The molecule has 2 N–H and O–H groups in total. The molecule has 1 fully saturated rings. The van der Waals surface area contributed by atoms with Gasteiger partial charge >= 0.3 is 0 Å². The molecule has 1 aliphatic carbocycles. The summed E-state index contributed by atoms with van der Waals surface area (Å²) in [6.07, 6.45) is 0.469. The van der Waals surface area contributed by atoms with Crippen molar-refractivity contribution in [3.8, 4) is 11.8 Å². The number of ether oxygens (including phenoxy) is 1. The minimum atomic E-state index is -0.407. The van der Waals surface area contributed by atoms with Crippen molar-refractivity contribution in [2.24, 2.45) is 11.8 Å². The summed E-state index contributed by atoms with van der Waals surface area (Å²) in [5.41, 5.74) is 1.38. The summed E-state index contributed by atoms with van der Waals surface area (Å²) in [5.74, 6) is -0.786. The Bertz CT molecular complexity index is 907. The van der Waals surface area contributed by atoms with Crippen LogP contribution in [0.15, 0.2) is 42.5 Å². The molecule has 0 aromatic heterocycles. The number of rotatable bonds is 5. The van der Waals surface area contributed by atoms with Gasteiger partial charge in [0.1, 0.15) is 11.8 Å². The van der Waals surface area contributed by atoms with E-state index in [0.717, 1.165) is 0 Å². The van der Waals surface area contributed by atoms with Crippen LogP contribution in [0.5, 0.6) is 5.75 Å². The van der Waals surface area contributed by atoms with Crippen molar-refractivity contribution >= 4 is 34.8 Å². The van der Waals surface area contributed by atoms with Crippen molar-refractivity contribution in [1.29, 1.82) is 5.26 Å². The Morgan fingerprint density at radius 3 is 2.50 bits per heavy atom. The number of hydrogen-bond donors (Lipinski definition) is 2. The molecular weight excluding hydrogens is 354 g/mol. The third-order valence-electron chi connectivity index (χ3n) is 4.19. The van der Waals surface area contributed by atoms with E-state index in [1.54, 1.807) is 42.5 Å². The van der Waals surface area contributed by atoms with Crippen LogP contribution in [0.3, 0.4) is 0 Å². The maximum Gasteiger partial charge on any atom is 0.228 e. The van der Waals surface area contributed by atoms with Crippen molar-refractivity contribution in [3.63, 3.8) is 0 Å². The number of nitrogens with zero attached hydrogens (tertiary/aromatic N) is 1. The number of halogens is 1. The Labute approximate surface area is 155 Å². The average Bonchev–Trinajstić information content (AvgIpc) is 3.43. The summed E-state index contributed by atoms with van der Waals surface area (Å²) in [7, 11) is 1.51. The molecule has 2 unspecified atom stereocenters. The smallest absolute Gasteiger partial charge is 0.228 e. The third-order valence-corrected chi connectivity index (χ3v) is 4.48. The van der Waals surface area contributed by atoms with Gasteiger partial charge in [-0.2, -0.15) is 5.26 Å². The van der Waals surface area contributed by atoms with Gasteiger partial charge in [0.2, 0.25) is 11.8 Å². The van der Waals surface area contributed by atoms with Gasteiger partial charge in [-0.3, -0.25) is 9.59 Å². The van der Waals surface area contributed by atoms with E-state index in [-0.39, 0.29) is 11.8 Å². The number of anilines is 2. The molecule has 3 rings (SSSR count). The lowest BCUT2D eigenvalue weighted by Crippen LogP contribution is -2.21. The lowest BCUT2D eigenvalue weighted by atomic mass is 10.2. The van der Waals surface area contributed by atoms with Crippen LogP contribution in [0, 0.1) is 23.2 Å². The van der Waals surface area contributed by atoms with Crippen LogP contribution >= 0.6 is 11.6 Å². The molecule has 1 saturated carbocycles. The molecule has 0 bridgehead atoms. The second kappa shape index (κ2) is 7.46. The Hall–Kier alpha value is -3.04. The number of nitrogens with one attached hydrogen (secondary N) is 2. The summed E-state index contributed by atoms with van der Waals surface area (Å²) in [4.78, 5) is 24.6. The zero-order valence-electron chi connectivity index (χ0n) is 14.0. The van der Waals surface area contributed by atoms with Crippen molar-refractivity contribution in [1.82, 2.24) is 0 Å². The number of amides is 2. The largest absolute Gasteiger partial charge is 0.495 e. The van der Waals surface area contributed by atoms with Gasteiger partial charge in [-0.05, 0) is 36.8 Å². The normalized spacial score (nSPS) is 17.7. The molecule has 0 heterocycles. The van der Waals surface area contributed by atoms with Crippen molar-refractivity contribution < 1.29 is 14.3 Å². The standard InChI is InChI=1S/C19H16ClN3O3/c1-26-17-7-6-12(8-15(17)20)22-18(24)13-9-14(13)19(25)23-16-5-3-2-4-11(16)10-21/h2-8,13-14H,9H2,1H3,(H,22,24)(H,23,25). The molecule has 1 aliphatic rings. The van der Waals surface area contributed by atoms with Crippen LogP contribution in [0.1, 0.15) is 12.0 Å². The van der Waals surface area contributed by atoms with E-state index in [2.05, 4.69) is 10.6 Å². The van der Waals surface area contributed by atoms with E-state index in [1.807, 2.05) is 6.07 Å². The molecule has 2 aromatic carbocycles. The quantitative estimate of drug-likeness (QED) is 0.844. The Morgan fingerprint density at radius 2 is 1.85 bits per heavy atom. The van der Waals surface area contributed by atoms with Crippen molar-refractivity contribution in [2.45, 2.75) is 6.42 Å². The van der Waals surface area contributed by atoms with E-state index in [0.29, 0.717) is 34.1 Å². The van der Waals surface area contributed by atoms with Crippen LogP contribution in [-0.2, 0) is 9.59 Å². The predicted molar refractivity (Wildman–Crippen MR) is 98.0 cm³/mol. The summed E-state index contributed by atoms with van der Waals surface area (Å²) in [6, 6.07) is 13.7. The molecule has 0 radical (unpaired) electrons. The molecular formula is C19H16ClN3O3. The molecule has 2 amide bonds. The van der Waals surface area contributed by atoms with Gasteiger partial charge in [0, 0.05) is 5.69 Å². The van der Waals surface area contributed by atoms with Gasteiger partial charge in [-0.1, -0.05) is 23.7 Å². The van der Waals surface area contributed by atoms with Gasteiger partial charge in [0.05, 0.1) is 35.2 Å². The first-order valence-corrected chi connectivity index (χ1v) is 8.35. The number of hydrogen-bond acceptors (Lipinski definition) is 4. The summed E-state index contributed by atoms with van der Waals surface area (Å²) in [6.45, 7) is 0. The summed E-state index contributed by atoms with van der Waals surface area (Å²) in [5, 5.41) is 14.9. The predicted octanol–water partition coefficient (Wildman–Crippen LogP) is 3.43. The van der Waals surface area contributed by atoms with E-state index < -0.39 is 11.8 Å². The fourth-order valence-corrected chi connectivity index (χ4v) is 2.93. The van der Waals surface area contributed by atoms with Crippen LogP contribution < -0.4 is 15.4 Å². The molecule has 7 heteroatoms. The van der Waals surface area contributed by atoms with Crippen molar-refractivity contribution in [3.05, 3.63) is 53.1 Å². The zero-order valence-corrected chi connectivity index (χ0v) is 14.7. The van der Waals surface area contributed by atoms with E-state index >= 15 is 0 Å². The highest BCUT2D eigenvalue weighted by Crippen LogP contribution is 2.40. The second-order valence-corrected chi connectivity index (χ2v) is 6.34. The third kappa shape index (κ3) is 3.79. The summed E-state index contributed by atoms with van der Waals surface area (Å²) < 4.78 is 5.07. The molecule has 132 valence electrons. The van der Waals surface area contributed by atoms with E-state index in [4.69, 9.17) is 21.6 Å². The van der Waals surface area contributed by atoms with Gasteiger partial charge in [-0.25, -0.2) is 0 Å². The lowest BCUT2D eigenvalue weighted by Gasteiger charge is -2.08. The monoisotopic (exact) mass is 369 g/mol. The highest BCUT2D eigenvalue weighted by Gasteiger charge is 2.48. The molecule has 0 spiro atoms. The van der Waals surface area contributed by atoms with Gasteiger partial charge in [0.25, 0.3) is 0 Å². The second-order valence-electron chi connectivity index (χ2n) is 5.93. The summed E-state index contributed by atoms with van der Waals surface area (Å²) >= 11 is 6.04. The number of para-hydroxylation sites is 1. The van der Waals surface area contributed by atoms with Gasteiger partial charge in [-0.15, -0.1) is 0 Å². The minimum absolute atomic E-state index is 0.236. The first-order valence-electron chi connectivity index (χ1n) is 7.98. The molecule has 0 saturated heterocycles. The molecule has 6 nitrogen and oxygen atoms in total. The Morgan fingerprint density at radius 1 is 1.15 bits per heavy atom. The first-order chi connectivity index (χ1) is 12.5. The maximum absolute atomic E-state index is 12.3. The van der Waals surface area contributed by atoms with Crippen LogP contribution in [0.2, 0.25) is 5.02 Å². The fourth-order valence-electron chi connectivity index (χ4n) is 2.67. The van der Waals surface area contributed by atoms with Gasteiger partial charge < -0.3 is 15.4 Å². The van der Waals surface area contributed by atoms with Crippen LogP contribution in [-0.4, -0.2) is 18.9 Å². The molecule has 26 heavy (non-hydrogen) atoms. The highest BCUT2D eigenvalue weighted by atomic mass is 35.5. The molecule has 2 aromatic rings. The van der Waals surface area contributed by atoms with Crippen LogP contribution in [0.25, 0.3) is 0 Å². The number of methoxy groups -OCH3 is 1. The van der Waals surface area contributed by atoms with E-state index in [9.17, 15) is 9.59 Å². The Kier molecular flexibility index (Phi) is 5.10. The van der Waals surface area contributed by atoms with Crippen molar-refractivity contribution in [2.75, 3.05) is 17.7 Å². The number of carbonyl (C=O) groups excluding carboxylic acids is 2. The topological polar surface area (TPSA) is 91.2 Å². The molecule has 2 atom stereocenters. The van der Waals surface area contributed by atoms with Crippen LogP contribution in [0.4, 0.5) is 11.4 Å². The minimum Gasteiger partial charge on any atom is -0.495 e. The Balaban J connectivity index is 1.59. The maximum atomic E-state index is 12.3. The highest BCUT2D eigenvalue weighted by molar-refractivity contribution is 6.32. The SMILES string of the molecule is COc1ccc(NC(=O)C2CC2C(=O)Nc2ccccc2C#N)cc1Cl. The number of carbonyl (C=O) groups is 2. The average molecular weight is 370 g/mol. The molecule has 0 aliphatic heterocycles. The van der Waals surface area contributed by atoms with Gasteiger partial charge in [0.15, 0.2) is 0 Å². The lowest BCUT2D eigenvalue weighted by molar-refractivity contribution is -0.122. The fraction of sp³-hybridized carbons (Fsp3) is 0.211. The van der Waals surface area contributed by atoms with E-state index in [1.165, 1.54) is 7.11 Å². The first kappa shape index (κ1) is 17.8. The number of nitriles is 1. The zero-order chi connectivity index (χ0) is 18.7.